The Morgan fingerprint density at radius 2 is 1.86 bits per heavy atom. The molecule has 1 N–H and O–H groups in total. The molecule has 4 atom stereocenters. The molecule has 0 aromatic carbocycles. The molecular weight excluding hydrogens is 278 g/mol. The van der Waals surface area contributed by atoms with Gasteiger partial charge in [-0.15, -0.1) is 0 Å². The van der Waals surface area contributed by atoms with E-state index in [4.69, 9.17) is 4.74 Å². The van der Waals surface area contributed by atoms with Gasteiger partial charge in [-0.1, -0.05) is 6.07 Å². The predicted octanol–water partition coefficient (Wildman–Crippen LogP) is 1.24. The Hall–Kier alpha value is -1.17. The van der Waals surface area contributed by atoms with Crippen LogP contribution in [-0.4, -0.2) is 66.5 Å². The number of aliphatic hydroxyl groups excluding tert-OH is 1. The summed E-state index contributed by atoms with van der Waals surface area (Å²) in [4.78, 5) is 9.24. The summed E-state index contributed by atoms with van der Waals surface area (Å²) in [5.41, 5.74) is 0. The van der Waals surface area contributed by atoms with E-state index < -0.39 is 0 Å². The Balaban J connectivity index is 1.63. The molecule has 0 saturated carbocycles. The Morgan fingerprint density at radius 1 is 1.14 bits per heavy atom. The maximum absolute atomic E-state index is 9.74. The highest BCUT2D eigenvalue weighted by molar-refractivity contribution is 5.39. The monoisotopic (exact) mass is 305 g/mol. The minimum Gasteiger partial charge on any atom is -0.396 e. The fraction of sp³-hybridized carbons (Fsp3) is 0.706. The molecule has 2 saturated heterocycles. The predicted molar refractivity (Wildman–Crippen MR) is 87.0 cm³/mol. The average Bonchev–Trinajstić information content (AvgIpc) is 2.90. The van der Waals surface area contributed by atoms with Crippen LogP contribution in [-0.2, 0) is 4.74 Å². The lowest BCUT2D eigenvalue weighted by molar-refractivity contribution is -0.0725. The van der Waals surface area contributed by atoms with E-state index in [1.165, 1.54) is 0 Å². The average molecular weight is 305 g/mol. The van der Waals surface area contributed by atoms with E-state index in [2.05, 4.69) is 34.7 Å². The van der Waals surface area contributed by atoms with Gasteiger partial charge in [-0.2, -0.15) is 0 Å². The molecule has 1 aromatic rings. The van der Waals surface area contributed by atoms with Gasteiger partial charge in [-0.05, 0) is 31.9 Å². The quantitative estimate of drug-likeness (QED) is 0.907. The van der Waals surface area contributed by atoms with Crippen LogP contribution in [0.3, 0.4) is 0 Å². The summed E-state index contributed by atoms with van der Waals surface area (Å²) >= 11 is 0. The maximum Gasteiger partial charge on any atom is 0.128 e. The second-order valence-corrected chi connectivity index (χ2v) is 6.77. The summed E-state index contributed by atoms with van der Waals surface area (Å²) in [6.07, 6.45) is 2.43. The fourth-order valence-electron chi connectivity index (χ4n) is 3.85. The smallest absolute Gasteiger partial charge is 0.128 e. The third-order valence-corrected chi connectivity index (χ3v) is 4.77. The number of rotatable bonds is 4. The Kier molecular flexibility index (Phi) is 4.96. The first-order valence-electron chi connectivity index (χ1n) is 8.30. The summed E-state index contributed by atoms with van der Waals surface area (Å²) in [6.45, 7) is 9.42. The molecule has 122 valence electrons. The number of hydrogen-bond acceptors (Lipinski definition) is 5. The Morgan fingerprint density at radius 3 is 2.50 bits per heavy atom. The molecule has 0 aliphatic carbocycles. The third kappa shape index (κ3) is 3.59. The molecule has 5 nitrogen and oxygen atoms in total. The van der Waals surface area contributed by atoms with Gasteiger partial charge in [0.05, 0.1) is 12.2 Å². The zero-order valence-electron chi connectivity index (χ0n) is 13.6. The van der Waals surface area contributed by atoms with Gasteiger partial charge in [0.15, 0.2) is 0 Å². The van der Waals surface area contributed by atoms with Gasteiger partial charge in [0.1, 0.15) is 5.82 Å². The summed E-state index contributed by atoms with van der Waals surface area (Å²) < 4.78 is 5.81. The number of hydrogen-bond donors (Lipinski definition) is 1. The van der Waals surface area contributed by atoms with Crippen LogP contribution in [0.1, 0.15) is 13.8 Å². The van der Waals surface area contributed by atoms with E-state index in [9.17, 15) is 5.11 Å². The first-order chi connectivity index (χ1) is 10.7. The molecule has 3 rings (SSSR count). The SMILES string of the molecule is C[C@@H]1CN(C[C@H]2CN(c3ccccn3)C[C@H]2CO)C[C@H](C)O1. The minimum absolute atomic E-state index is 0.253. The number of ether oxygens (including phenoxy) is 1. The van der Waals surface area contributed by atoms with Crippen LogP contribution in [0.25, 0.3) is 0 Å². The van der Waals surface area contributed by atoms with E-state index in [-0.39, 0.29) is 6.61 Å². The molecule has 2 fully saturated rings. The summed E-state index contributed by atoms with van der Waals surface area (Å²) in [7, 11) is 0. The molecule has 3 heterocycles. The van der Waals surface area contributed by atoms with Crippen molar-refractivity contribution in [2.24, 2.45) is 11.8 Å². The Labute approximate surface area is 132 Å². The lowest BCUT2D eigenvalue weighted by Gasteiger charge is -2.37. The molecule has 0 amide bonds. The van der Waals surface area contributed by atoms with Crippen molar-refractivity contribution in [1.82, 2.24) is 9.88 Å². The molecule has 0 spiro atoms. The van der Waals surface area contributed by atoms with E-state index in [0.29, 0.717) is 24.0 Å². The fourth-order valence-corrected chi connectivity index (χ4v) is 3.85. The molecule has 2 aliphatic rings. The standard InChI is InChI=1S/C17H27N3O2/c1-13-7-19(8-14(2)22-13)9-15-10-20(11-16(15)12-21)17-5-3-4-6-18-17/h3-6,13-16,21H,7-12H2,1-2H3/t13-,14+,15-,16-/m0/s1. The topological polar surface area (TPSA) is 48.8 Å². The van der Waals surface area contributed by atoms with Crippen LogP contribution in [0.4, 0.5) is 5.82 Å². The number of pyridine rings is 1. The zero-order chi connectivity index (χ0) is 15.5. The molecule has 0 radical (unpaired) electrons. The lowest BCUT2D eigenvalue weighted by Crippen LogP contribution is -2.48. The first-order valence-corrected chi connectivity index (χ1v) is 8.30. The highest BCUT2D eigenvalue weighted by Crippen LogP contribution is 2.28. The van der Waals surface area contributed by atoms with Gasteiger partial charge < -0.3 is 14.7 Å². The van der Waals surface area contributed by atoms with E-state index in [1.54, 1.807) is 0 Å². The van der Waals surface area contributed by atoms with Crippen molar-refractivity contribution in [2.45, 2.75) is 26.1 Å². The molecule has 22 heavy (non-hydrogen) atoms. The maximum atomic E-state index is 9.74. The van der Waals surface area contributed by atoms with Crippen LogP contribution < -0.4 is 4.90 Å². The van der Waals surface area contributed by atoms with Crippen molar-refractivity contribution >= 4 is 5.82 Å². The van der Waals surface area contributed by atoms with Gasteiger partial charge in [0, 0.05) is 51.4 Å². The van der Waals surface area contributed by atoms with Gasteiger partial charge >= 0.3 is 0 Å². The van der Waals surface area contributed by atoms with Crippen molar-refractivity contribution in [3.05, 3.63) is 24.4 Å². The van der Waals surface area contributed by atoms with Gasteiger partial charge in [0.2, 0.25) is 0 Å². The van der Waals surface area contributed by atoms with Gasteiger partial charge in [-0.25, -0.2) is 4.98 Å². The second-order valence-electron chi connectivity index (χ2n) is 6.77. The Bertz CT molecular complexity index is 460. The van der Waals surface area contributed by atoms with Crippen molar-refractivity contribution in [3.63, 3.8) is 0 Å². The van der Waals surface area contributed by atoms with Gasteiger partial charge in [0.25, 0.3) is 0 Å². The number of anilines is 1. The minimum atomic E-state index is 0.253. The van der Waals surface area contributed by atoms with Crippen molar-refractivity contribution in [3.8, 4) is 0 Å². The number of aliphatic hydroxyl groups is 1. The number of morpholine rings is 1. The number of aromatic nitrogens is 1. The second kappa shape index (κ2) is 6.94. The van der Waals surface area contributed by atoms with Gasteiger partial charge in [-0.3, -0.25) is 4.90 Å². The molecule has 5 heteroatoms. The van der Waals surface area contributed by atoms with Crippen molar-refractivity contribution in [2.75, 3.05) is 44.2 Å². The summed E-state index contributed by atoms with van der Waals surface area (Å²) in [5.74, 6) is 1.84. The highest BCUT2D eigenvalue weighted by atomic mass is 16.5. The van der Waals surface area contributed by atoms with Crippen LogP contribution in [0.2, 0.25) is 0 Å². The molecule has 2 aliphatic heterocycles. The number of nitrogens with zero attached hydrogens (tertiary/aromatic N) is 3. The zero-order valence-corrected chi connectivity index (χ0v) is 13.6. The highest BCUT2D eigenvalue weighted by Gasteiger charge is 2.35. The van der Waals surface area contributed by atoms with Crippen molar-refractivity contribution in [1.29, 1.82) is 0 Å². The van der Waals surface area contributed by atoms with E-state index in [1.807, 2.05) is 18.3 Å². The van der Waals surface area contributed by atoms with E-state index >= 15 is 0 Å². The van der Waals surface area contributed by atoms with E-state index in [0.717, 1.165) is 38.5 Å². The third-order valence-electron chi connectivity index (χ3n) is 4.77. The molecule has 0 bridgehead atoms. The van der Waals surface area contributed by atoms with Crippen LogP contribution >= 0.6 is 0 Å². The van der Waals surface area contributed by atoms with Crippen LogP contribution in [0.5, 0.6) is 0 Å². The summed E-state index contributed by atoms with van der Waals surface area (Å²) in [6, 6.07) is 6.02. The molecular formula is C17H27N3O2. The molecule has 1 aromatic heterocycles. The van der Waals surface area contributed by atoms with Crippen LogP contribution in [0, 0.1) is 11.8 Å². The van der Waals surface area contributed by atoms with Crippen LogP contribution in [0.15, 0.2) is 24.4 Å². The van der Waals surface area contributed by atoms with Crippen molar-refractivity contribution < 1.29 is 9.84 Å². The normalized spacial score (nSPS) is 33.3. The molecule has 0 unspecified atom stereocenters. The summed E-state index contributed by atoms with van der Waals surface area (Å²) in [5, 5.41) is 9.74. The largest absolute Gasteiger partial charge is 0.396 e. The lowest BCUT2D eigenvalue weighted by atomic mass is 9.96. The first kappa shape index (κ1) is 15.7.